The molecule has 1 amide bonds. The maximum absolute atomic E-state index is 12.0. The number of carbonyl (C=O) groups excluding carboxylic acids is 1. The van der Waals surface area contributed by atoms with Gasteiger partial charge in [0, 0.05) is 33.2 Å². The molecule has 0 aromatic heterocycles. The predicted octanol–water partition coefficient (Wildman–Crippen LogP) is 3.09. The van der Waals surface area contributed by atoms with Crippen LogP contribution in [0.15, 0.2) is 4.99 Å². The molecule has 25 heavy (non-hydrogen) atoms. The Kier molecular flexibility index (Phi) is 8.29. The standard InChI is InChI=1S/C19H34N4O.HI/c1-22(2)18(24)12-20-19(21-17-10-4-3-5-11-17)23-13-15-8-6-7-9-16(15)14-23;/h15-17H,3-14H2,1-2H3,(H,20,21);1H. The van der Waals surface area contributed by atoms with Crippen LogP contribution in [-0.4, -0.2) is 61.4 Å². The van der Waals surface area contributed by atoms with Gasteiger partial charge >= 0.3 is 0 Å². The molecule has 1 aliphatic heterocycles. The SMILES string of the molecule is CN(C)C(=O)CN=C(NC1CCCCC1)N1CC2CCCCC2C1.I. The number of likely N-dealkylation sites (tertiary alicyclic amines) is 1. The Morgan fingerprint density at radius 3 is 2.12 bits per heavy atom. The number of guanidine groups is 1. The zero-order chi connectivity index (χ0) is 16.9. The van der Waals surface area contributed by atoms with Crippen LogP contribution in [0, 0.1) is 11.8 Å². The third-order valence-electron chi connectivity index (χ3n) is 6.08. The van der Waals surface area contributed by atoms with Crippen LogP contribution < -0.4 is 5.32 Å². The van der Waals surface area contributed by atoms with Crippen LogP contribution in [0.5, 0.6) is 0 Å². The van der Waals surface area contributed by atoms with E-state index in [0.29, 0.717) is 6.04 Å². The first-order valence-corrected chi connectivity index (χ1v) is 9.89. The molecule has 3 aliphatic rings. The van der Waals surface area contributed by atoms with Crippen LogP contribution in [0.3, 0.4) is 0 Å². The highest BCUT2D eigenvalue weighted by molar-refractivity contribution is 14.0. The molecule has 2 atom stereocenters. The van der Waals surface area contributed by atoms with Gasteiger partial charge in [-0.05, 0) is 37.5 Å². The Morgan fingerprint density at radius 1 is 1.00 bits per heavy atom. The fraction of sp³-hybridized carbons (Fsp3) is 0.895. The van der Waals surface area contributed by atoms with Gasteiger partial charge in [-0.1, -0.05) is 32.1 Å². The molecule has 2 aliphatic carbocycles. The summed E-state index contributed by atoms with van der Waals surface area (Å²) in [4.78, 5) is 20.8. The maximum atomic E-state index is 12.0. The van der Waals surface area contributed by atoms with Crippen molar-refractivity contribution in [2.24, 2.45) is 16.8 Å². The molecule has 144 valence electrons. The highest BCUT2D eigenvalue weighted by Crippen LogP contribution is 2.36. The molecule has 2 saturated carbocycles. The van der Waals surface area contributed by atoms with Crippen LogP contribution in [0.4, 0.5) is 0 Å². The number of hydrogen-bond acceptors (Lipinski definition) is 2. The third kappa shape index (κ3) is 5.73. The normalized spacial score (nSPS) is 27.4. The van der Waals surface area contributed by atoms with Crippen molar-refractivity contribution in [3.63, 3.8) is 0 Å². The zero-order valence-electron chi connectivity index (χ0n) is 15.9. The molecule has 3 rings (SSSR count). The fourth-order valence-corrected chi connectivity index (χ4v) is 4.53. The summed E-state index contributed by atoms with van der Waals surface area (Å²) in [6.45, 7) is 2.51. The Hall–Kier alpha value is -0.530. The number of nitrogens with one attached hydrogen (secondary N) is 1. The number of carbonyl (C=O) groups is 1. The lowest BCUT2D eigenvalue weighted by atomic mass is 9.82. The minimum atomic E-state index is 0. The Bertz CT molecular complexity index is 448. The molecule has 1 N–H and O–H groups in total. The molecular weight excluding hydrogens is 427 g/mol. The Balaban J connectivity index is 0.00000225. The molecule has 2 unspecified atom stereocenters. The van der Waals surface area contributed by atoms with Gasteiger partial charge in [0.2, 0.25) is 5.91 Å². The quantitative estimate of drug-likeness (QED) is 0.399. The van der Waals surface area contributed by atoms with Crippen LogP contribution >= 0.6 is 24.0 Å². The summed E-state index contributed by atoms with van der Waals surface area (Å²) in [6, 6.07) is 0.537. The second-order valence-electron chi connectivity index (χ2n) is 8.12. The third-order valence-corrected chi connectivity index (χ3v) is 6.08. The number of nitrogens with zero attached hydrogens (tertiary/aromatic N) is 3. The summed E-state index contributed by atoms with van der Waals surface area (Å²) >= 11 is 0. The molecule has 1 saturated heterocycles. The van der Waals surface area contributed by atoms with Crippen molar-refractivity contribution in [1.82, 2.24) is 15.1 Å². The minimum Gasteiger partial charge on any atom is -0.353 e. The van der Waals surface area contributed by atoms with E-state index in [1.807, 2.05) is 0 Å². The summed E-state index contributed by atoms with van der Waals surface area (Å²) in [6.07, 6.45) is 12.0. The molecule has 1 heterocycles. The van der Waals surface area contributed by atoms with Crippen LogP contribution in [0.25, 0.3) is 0 Å². The maximum Gasteiger partial charge on any atom is 0.243 e. The molecule has 5 nitrogen and oxygen atoms in total. The molecule has 0 bridgehead atoms. The summed E-state index contributed by atoms with van der Waals surface area (Å²) in [5, 5.41) is 3.71. The number of rotatable bonds is 3. The first-order chi connectivity index (χ1) is 11.6. The van der Waals surface area contributed by atoms with Gasteiger partial charge in [-0.2, -0.15) is 0 Å². The molecule has 0 aromatic carbocycles. The average Bonchev–Trinajstić information content (AvgIpc) is 3.03. The van der Waals surface area contributed by atoms with Gasteiger partial charge in [-0.25, -0.2) is 4.99 Å². The van der Waals surface area contributed by atoms with Gasteiger partial charge in [0.05, 0.1) is 0 Å². The van der Waals surface area contributed by atoms with Crippen molar-refractivity contribution in [3.8, 4) is 0 Å². The van der Waals surface area contributed by atoms with Gasteiger partial charge < -0.3 is 15.1 Å². The molecular formula is C19H35IN4O. The minimum absolute atomic E-state index is 0. The van der Waals surface area contributed by atoms with Crippen molar-refractivity contribution in [3.05, 3.63) is 0 Å². The topological polar surface area (TPSA) is 47.9 Å². The van der Waals surface area contributed by atoms with E-state index in [-0.39, 0.29) is 36.4 Å². The zero-order valence-corrected chi connectivity index (χ0v) is 18.2. The van der Waals surface area contributed by atoms with E-state index in [1.165, 1.54) is 57.8 Å². The van der Waals surface area contributed by atoms with E-state index in [4.69, 9.17) is 4.99 Å². The smallest absolute Gasteiger partial charge is 0.243 e. The second kappa shape index (κ2) is 9.97. The van der Waals surface area contributed by atoms with Gasteiger partial charge in [0.15, 0.2) is 5.96 Å². The number of hydrogen-bond donors (Lipinski definition) is 1. The predicted molar refractivity (Wildman–Crippen MR) is 113 cm³/mol. The Morgan fingerprint density at radius 2 is 1.56 bits per heavy atom. The van der Waals surface area contributed by atoms with Crippen molar-refractivity contribution in [1.29, 1.82) is 0 Å². The number of aliphatic imine (C=N–C) groups is 1. The van der Waals surface area contributed by atoms with Crippen molar-refractivity contribution < 1.29 is 4.79 Å². The van der Waals surface area contributed by atoms with Crippen molar-refractivity contribution in [2.45, 2.75) is 63.8 Å². The molecule has 0 spiro atoms. The highest BCUT2D eigenvalue weighted by Gasteiger charge is 2.36. The van der Waals surface area contributed by atoms with E-state index in [1.54, 1.807) is 19.0 Å². The summed E-state index contributed by atoms with van der Waals surface area (Å²) < 4.78 is 0. The van der Waals surface area contributed by atoms with Crippen molar-refractivity contribution in [2.75, 3.05) is 33.7 Å². The lowest BCUT2D eigenvalue weighted by Crippen LogP contribution is -2.46. The summed E-state index contributed by atoms with van der Waals surface area (Å²) in [7, 11) is 3.60. The largest absolute Gasteiger partial charge is 0.353 e. The van der Waals surface area contributed by atoms with E-state index in [2.05, 4.69) is 10.2 Å². The van der Waals surface area contributed by atoms with E-state index >= 15 is 0 Å². The van der Waals surface area contributed by atoms with E-state index in [0.717, 1.165) is 30.9 Å². The second-order valence-corrected chi connectivity index (χ2v) is 8.12. The lowest BCUT2D eigenvalue weighted by molar-refractivity contribution is -0.127. The lowest BCUT2D eigenvalue weighted by Gasteiger charge is -2.29. The number of amides is 1. The highest BCUT2D eigenvalue weighted by atomic mass is 127. The Labute approximate surface area is 170 Å². The van der Waals surface area contributed by atoms with Gasteiger partial charge in [0.1, 0.15) is 6.54 Å². The summed E-state index contributed by atoms with van der Waals surface area (Å²) in [5.74, 6) is 2.74. The number of halogens is 1. The average molecular weight is 462 g/mol. The molecule has 6 heteroatoms. The van der Waals surface area contributed by atoms with Gasteiger partial charge in [-0.15, -0.1) is 24.0 Å². The number of fused-ring (bicyclic) bond motifs is 1. The first-order valence-electron chi connectivity index (χ1n) is 9.89. The van der Waals surface area contributed by atoms with Crippen LogP contribution in [0.1, 0.15) is 57.8 Å². The van der Waals surface area contributed by atoms with E-state index < -0.39 is 0 Å². The van der Waals surface area contributed by atoms with Crippen molar-refractivity contribution >= 4 is 35.8 Å². The van der Waals surface area contributed by atoms with E-state index in [9.17, 15) is 4.79 Å². The molecule has 3 fully saturated rings. The summed E-state index contributed by atoms with van der Waals surface area (Å²) in [5.41, 5.74) is 0. The first kappa shape index (κ1) is 20.8. The monoisotopic (exact) mass is 462 g/mol. The van der Waals surface area contributed by atoms with Gasteiger partial charge in [0.25, 0.3) is 0 Å². The van der Waals surface area contributed by atoms with Gasteiger partial charge in [-0.3, -0.25) is 4.79 Å². The molecule has 0 aromatic rings. The number of likely N-dealkylation sites (N-methyl/N-ethyl adjacent to an activating group) is 1. The molecule has 0 radical (unpaired) electrons. The fourth-order valence-electron chi connectivity index (χ4n) is 4.53. The van der Waals surface area contributed by atoms with Crippen LogP contribution in [-0.2, 0) is 4.79 Å². The van der Waals surface area contributed by atoms with Crippen LogP contribution in [0.2, 0.25) is 0 Å².